The molecule has 2 amide bonds. The SMILES string of the molecule is O=C(NCC1CCC(C(=O)NC2=N[C@@H]3CCc4cc(Cl)ccc4[C@@H]3C2)CC1)c1ccccc1. The summed E-state index contributed by atoms with van der Waals surface area (Å²) in [7, 11) is 0. The first-order valence-corrected chi connectivity index (χ1v) is 12.4. The van der Waals surface area contributed by atoms with Crippen molar-refractivity contribution in [3.05, 3.63) is 70.2 Å². The molecule has 5 rings (SSSR count). The van der Waals surface area contributed by atoms with Crippen LogP contribution in [0.25, 0.3) is 0 Å². The van der Waals surface area contributed by atoms with Crippen LogP contribution >= 0.6 is 11.6 Å². The number of nitrogens with one attached hydrogen (secondary N) is 2. The summed E-state index contributed by atoms with van der Waals surface area (Å²) in [6.45, 7) is 0.668. The summed E-state index contributed by atoms with van der Waals surface area (Å²) in [5, 5.41) is 6.98. The van der Waals surface area contributed by atoms with Gasteiger partial charge in [0.15, 0.2) is 0 Å². The van der Waals surface area contributed by atoms with Crippen molar-refractivity contribution < 1.29 is 9.59 Å². The van der Waals surface area contributed by atoms with Gasteiger partial charge in [0.2, 0.25) is 5.91 Å². The molecule has 1 aliphatic heterocycles. The summed E-state index contributed by atoms with van der Waals surface area (Å²) in [5.74, 6) is 1.73. The Hall–Kier alpha value is -2.66. The average Bonchev–Trinajstić information content (AvgIpc) is 3.26. The number of amidine groups is 1. The lowest BCUT2D eigenvalue weighted by molar-refractivity contribution is -0.124. The molecule has 0 unspecified atom stereocenters. The van der Waals surface area contributed by atoms with Crippen molar-refractivity contribution in [2.45, 2.75) is 56.9 Å². The van der Waals surface area contributed by atoms with Crippen LogP contribution in [0.1, 0.15) is 65.9 Å². The molecule has 0 saturated heterocycles. The Morgan fingerprint density at radius 2 is 1.79 bits per heavy atom. The summed E-state index contributed by atoms with van der Waals surface area (Å²) in [6.07, 6.45) is 6.44. The van der Waals surface area contributed by atoms with Gasteiger partial charge in [-0.2, -0.15) is 0 Å². The van der Waals surface area contributed by atoms with Crippen LogP contribution in [0, 0.1) is 11.8 Å². The van der Waals surface area contributed by atoms with Crippen LogP contribution in [-0.2, 0) is 11.2 Å². The molecule has 1 saturated carbocycles. The number of nitrogens with zero attached hydrogens (tertiary/aromatic N) is 1. The minimum atomic E-state index is -0.0278. The number of hydrogen-bond donors (Lipinski definition) is 2. The molecule has 0 aromatic heterocycles. The van der Waals surface area contributed by atoms with E-state index in [1.54, 1.807) is 0 Å². The van der Waals surface area contributed by atoms with Gasteiger partial charge in [0.05, 0.1) is 6.04 Å². The van der Waals surface area contributed by atoms with Crippen molar-refractivity contribution in [3.8, 4) is 0 Å². The van der Waals surface area contributed by atoms with E-state index < -0.39 is 0 Å². The summed E-state index contributed by atoms with van der Waals surface area (Å²) in [5.41, 5.74) is 3.35. The van der Waals surface area contributed by atoms with Crippen LogP contribution in [0.3, 0.4) is 0 Å². The Labute approximate surface area is 200 Å². The summed E-state index contributed by atoms with van der Waals surface area (Å²) < 4.78 is 0. The van der Waals surface area contributed by atoms with Crippen molar-refractivity contribution in [2.75, 3.05) is 6.54 Å². The zero-order chi connectivity index (χ0) is 22.8. The fourth-order valence-corrected chi connectivity index (χ4v) is 5.81. The van der Waals surface area contributed by atoms with E-state index in [0.29, 0.717) is 23.9 Å². The Morgan fingerprint density at radius 1 is 1.00 bits per heavy atom. The monoisotopic (exact) mass is 463 g/mol. The lowest BCUT2D eigenvalue weighted by Gasteiger charge is -2.28. The third-order valence-electron chi connectivity index (χ3n) is 7.49. The van der Waals surface area contributed by atoms with E-state index in [-0.39, 0.29) is 23.8 Å². The van der Waals surface area contributed by atoms with Crippen LogP contribution in [0.15, 0.2) is 53.5 Å². The lowest BCUT2D eigenvalue weighted by Crippen LogP contribution is -2.38. The van der Waals surface area contributed by atoms with Gasteiger partial charge in [0, 0.05) is 35.4 Å². The molecule has 1 heterocycles. The molecule has 0 radical (unpaired) electrons. The first kappa shape index (κ1) is 22.1. The van der Waals surface area contributed by atoms with Crippen LogP contribution in [0.4, 0.5) is 0 Å². The average molecular weight is 464 g/mol. The minimum Gasteiger partial charge on any atom is -0.352 e. The smallest absolute Gasteiger partial charge is 0.251 e. The first-order valence-electron chi connectivity index (χ1n) is 12.1. The third-order valence-corrected chi connectivity index (χ3v) is 7.72. The lowest BCUT2D eigenvalue weighted by atomic mass is 9.79. The molecule has 33 heavy (non-hydrogen) atoms. The number of aryl methyl sites for hydroxylation is 1. The Kier molecular flexibility index (Phi) is 6.50. The molecule has 1 fully saturated rings. The number of aliphatic imine (C=N–C) groups is 1. The second-order valence-electron chi connectivity index (χ2n) is 9.62. The van der Waals surface area contributed by atoms with Crippen molar-refractivity contribution >= 4 is 29.3 Å². The first-order chi connectivity index (χ1) is 16.1. The second-order valence-corrected chi connectivity index (χ2v) is 10.1. The zero-order valence-electron chi connectivity index (χ0n) is 18.7. The predicted octanol–water partition coefficient (Wildman–Crippen LogP) is 4.89. The van der Waals surface area contributed by atoms with E-state index in [4.69, 9.17) is 16.6 Å². The van der Waals surface area contributed by atoms with Gasteiger partial charge < -0.3 is 10.6 Å². The van der Waals surface area contributed by atoms with Gasteiger partial charge in [-0.15, -0.1) is 0 Å². The van der Waals surface area contributed by atoms with Gasteiger partial charge in [0.1, 0.15) is 5.84 Å². The third kappa shape index (κ3) is 4.98. The molecule has 2 aromatic rings. The summed E-state index contributed by atoms with van der Waals surface area (Å²) >= 11 is 6.17. The van der Waals surface area contributed by atoms with E-state index in [2.05, 4.69) is 22.8 Å². The van der Waals surface area contributed by atoms with Gasteiger partial charge in [-0.3, -0.25) is 14.6 Å². The maximum Gasteiger partial charge on any atom is 0.251 e. The Bertz CT molecular complexity index is 1060. The van der Waals surface area contributed by atoms with Crippen LogP contribution in [0.5, 0.6) is 0 Å². The van der Waals surface area contributed by atoms with Crippen molar-refractivity contribution in [3.63, 3.8) is 0 Å². The number of hydrogen-bond acceptors (Lipinski definition) is 3. The maximum atomic E-state index is 12.9. The molecule has 6 heteroatoms. The highest BCUT2D eigenvalue weighted by Gasteiger charge is 2.36. The molecule has 2 aliphatic carbocycles. The molecular weight excluding hydrogens is 434 g/mol. The van der Waals surface area contributed by atoms with Gasteiger partial charge in [-0.25, -0.2) is 0 Å². The number of carbonyl (C=O) groups excluding carboxylic acids is 2. The number of benzene rings is 2. The number of carbonyl (C=O) groups is 2. The molecule has 5 nitrogen and oxygen atoms in total. The topological polar surface area (TPSA) is 70.6 Å². The van der Waals surface area contributed by atoms with Crippen molar-refractivity contribution in [1.82, 2.24) is 10.6 Å². The number of amides is 2. The minimum absolute atomic E-state index is 0.0278. The molecule has 2 atom stereocenters. The summed E-state index contributed by atoms with van der Waals surface area (Å²) in [4.78, 5) is 30.1. The quantitative estimate of drug-likeness (QED) is 0.677. The fourth-order valence-electron chi connectivity index (χ4n) is 5.61. The maximum absolute atomic E-state index is 12.9. The number of halogens is 1. The van der Waals surface area contributed by atoms with Crippen LogP contribution < -0.4 is 10.6 Å². The Morgan fingerprint density at radius 3 is 2.58 bits per heavy atom. The normalized spacial score (nSPS) is 26.0. The Balaban J connectivity index is 1.09. The van der Waals surface area contributed by atoms with Gasteiger partial charge >= 0.3 is 0 Å². The molecular formula is C27H30ClN3O2. The zero-order valence-corrected chi connectivity index (χ0v) is 19.5. The van der Waals surface area contributed by atoms with Crippen LogP contribution in [0.2, 0.25) is 5.02 Å². The van der Waals surface area contributed by atoms with Crippen LogP contribution in [-0.4, -0.2) is 30.2 Å². The molecule has 3 aliphatic rings. The highest BCUT2D eigenvalue weighted by molar-refractivity contribution is 6.30. The summed E-state index contributed by atoms with van der Waals surface area (Å²) in [6, 6.07) is 15.7. The van der Waals surface area contributed by atoms with Gasteiger partial charge in [0.25, 0.3) is 5.91 Å². The highest BCUT2D eigenvalue weighted by atomic mass is 35.5. The van der Waals surface area contributed by atoms with Gasteiger partial charge in [-0.05, 0) is 79.8 Å². The van der Waals surface area contributed by atoms with E-state index in [9.17, 15) is 9.59 Å². The molecule has 172 valence electrons. The second kappa shape index (κ2) is 9.68. The highest BCUT2D eigenvalue weighted by Crippen LogP contribution is 2.40. The standard InChI is InChI=1S/C27H30ClN3O2/c28-21-11-12-22-20(14-21)10-13-24-23(22)15-25(30-24)31-27(33)19-8-6-17(7-9-19)16-29-26(32)18-4-2-1-3-5-18/h1-5,11-12,14,17,19,23-24H,6-10,13,15-16H2,(H,29,32)(H,30,31,33)/t17?,19?,23-,24+/m0/s1. The van der Waals surface area contributed by atoms with E-state index in [1.165, 1.54) is 11.1 Å². The fraction of sp³-hybridized carbons (Fsp3) is 0.444. The van der Waals surface area contributed by atoms with E-state index >= 15 is 0 Å². The van der Waals surface area contributed by atoms with Crippen molar-refractivity contribution in [1.29, 1.82) is 0 Å². The molecule has 2 N–H and O–H groups in total. The number of fused-ring (bicyclic) bond motifs is 3. The predicted molar refractivity (Wildman–Crippen MR) is 131 cm³/mol. The molecule has 2 aromatic carbocycles. The molecule has 0 spiro atoms. The molecule has 0 bridgehead atoms. The largest absolute Gasteiger partial charge is 0.352 e. The van der Waals surface area contributed by atoms with E-state index in [1.807, 2.05) is 36.4 Å². The van der Waals surface area contributed by atoms with E-state index in [0.717, 1.165) is 55.8 Å². The number of rotatable bonds is 4. The van der Waals surface area contributed by atoms with Gasteiger partial charge in [-0.1, -0.05) is 35.9 Å². The van der Waals surface area contributed by atoms with Crippen molar-refractivity contribution in [2.24, 2.45) is 16.8 Å².